The summed E-state index contributed by atoms with van der Waals surface area (Å²) < 4.78 is 11.3. The van der Waals surface area contributed by atoms with Crippen LogP contribution in [0.25, 0.3) is 0 Å². The van der Waals surface area contributed by atoms with E-state index < -0.39 is 22.5 Å². The largest absolute Gasteiger partial charge is 0.481 e. The first-order valence-electron chi connectivity index (χ1n) is 4.04. The van der Waals surface area contributed by atoms with Gasteiger partial charge < -0.3 is 5.11 Å². The fourth-order valence-corrected chi connectivity index (χ4v) is 1.98. The van der Waals surface area contributed by atoms with E-state index in [4.69, 9.17) is 10.4 Å². The lowest BCUT2D eigenvalue weighted by Crippen LogP contribution is -2.11. The molecule has 0 radical (unpaired) electrons. The molecular weight excluding hydrogens is 216 g/mol. The van der Waals surface area contributed by atoms with E-state index >= 15 is 0 Å². The molecule has 5 nitrogen and oxygen atoms in total. The zero-order chi connectivity index (χ0) is 11.3. The van der Waals surface area contributed by atoms with Crippen LogP contribution >= 0.6 is 0 Å². The molecule has 78 valence electrons. The average Bonchev–Trinajstić information content (AvgIpc) is 2.17. The third-order valence-corrected chi connectivity index (χ3v) is 2.80. The minimum atomic E-state index is -1.50. The third kappa shape index (κ3) is 3.48. The molecule has 0 aliphatic heterocycles. The molecule has 0 saturated heterocycles. The molecule has 1 heterocycles. The number of carbonyl (C=O) groups is 1. The normalized spacial score (nSPS) is 11.7. The number of aliphatic carboxylic acids is 1. The van der Waals surface area contributed by atoms with Crippen LogP contribution in [0.1, 0.15) is 11.3 Å². The van der Waals surface area contributed by atoms with Gasteiger partial charge in [0.2, 0.25) is 0 Å². The Balaban J connectivity index is 2.77. The molecule has 0 aromatic carbocycles. The Morgan fingerprint density at radius 2 is 2.40 bits per heavy atom. The average molecular weight is 224 g/mol. The molecule has 1 N–H and O–H groups in total. The van der Waals surface area contributed by atoms with Crippen molar-refractivity contribution >= 4 is 16.8 Å². The van der Waals surface area contributed by atoms with Crippen LogP contribution < -0.4 is 0 Å². The number of carboxylic acid groups (broad SMARTS) is 1. The zero-order valence-electron chi connectivity index (χ0n) is 7.71. The summed E-state index contributed by atoms with van der Waals surface area (Å²) in [6.07, 6.45) is 1.46. The Hall–Kier alpha value is -1.74. The quantitative estimate of drug-likeness (QED) is 0.793. The van der Waals surface area contributed by atoms with E-state index in [0.717, 1.165) is 0 Å². The predicted octanol–water partition coefficient (Wildman–Crippen LogP) is 0.287. The summed E-state index contributed by atoms with van der Waals surface area (Å²) in [5, 5.41) is 17.1. The highest BCUT2D eigenvalue weighted by atomic mass is 32.2. The van der Waals surface area contributed by atoms with Crippen molar-refractivity contribution in [3.63, 3.8) is 0 Å². The molecule has 1 aromatic rings. The van der Waals surface area contributed by atoms with Crippen LogP contribution in [0.15, 0.2) is 18.3 Å². The van der Waals surface area contributed by atoms with Gasteiger partial charge in [0.25, 0.3) is 0 Å². The fourth-order valence-electron chi connectivity index (χ4n) is 1.02. The number of hydrogen-bond donors (Lipinski definition) is 1. The maximum atomic E-state index is 11.3. The van der Waals surface area contributed by atoms with Gasteiger partial charge in [-0.25, -0.2) is 4.98 Å². The SMILES string of the molecule is N#Cc1ncccc1CS(=O)CC(=O)O. The van der Waals surface area contributed by atoms with Crippen LogP contribution in [0, 0.1) is 11.3 Å². The van der Waals surface area contributed by atoms with E-state index in [1.807, 2.05) is 6.07 Å². The minimum Gasteiger partial charge on any atom is -0.481 e. The van der Waals surface area contributed by atoms with Crippen molar-refractivity contribution < 1.29 is 14.1 Å². The fraction of sp³-hybridized carbons (Fsp3) is 0.222. The van der Waals surface area contributed by atoms with Gasteiger partial charge in [-0.1, -0.05) is 6.07 Å². The summed E-state index contributed by atoms with van der Waals surface area (Å²) >= 11 is 0. The molecule has 0 spiro atoms. The van der Waals surface area contributed by atoms with E-state index in [0.29, 0.717) is 5.56 Å². The van der Waals surface area contributed by atoms with Crippen LogP contribution in [0.5, 0.6) is 0 Å². The van der Waals surface area contributed by atoms with Gasteiger partial charge in [-0.05, 0) is 6.07 Å². The molecule has 6 heteroatoms. The molecule has 1 aromatic heterocycles. The van der Waals surface area contributed by atoms with Crippen molar-refractivity contribution in [2.24, 2.45) is 0 Å². The number of rotatable bonds is 4. The first kappa shape index (κ1) is 11.3. The van der Waals surface area contributed by atoms with E-state index in [-0.39, 0.29) is 11.4 Å². The van der Waals surface area contributed by atoms with E-state index in [9.17, 15) is 9.00 Å². The van der Waals surface area contributed by atoms with Gasteiger partial charge in [-0.3, -0.25) is 9.00 Å². The molecule has 1 rings (SSSR count). The van der Waals surface area contributed by atoms with E-state index in [2.05, 4.69) is 4.98 Å². The van der Waals surface area contributed by atoms with E-state index in [1.54, 1.807) is 12.1 Å². The Kier molecular flexibility index (Phi) is 3.94. The lowest BCUT2D eigenvalue weighted by Gasteiger charge is -2.00. The molecule has 15 heavy (non-hydrogen) atoms. The van der Waals surface area contributed by atoms with Gasteiger partial charge in [-0.2, -0.15) is 5.26 Å². The van der Waals surface area contributed by atoms with Gasteiger partial charge in [0.05, 0.1) is 5.75 Å². The highest BCUT2D eigenvalue weighted by Gasteiger charge is 2.10. The molecule has 1 atom stereocenters. The molecule has 0 aliphatic carbocycles. The molecule has 0 amide bonds. The lowest BCUT2D eigenvalue weighted by atomic mass is 10.2. The van der Waals surface area contributed by atoms with Gasteiger partial charge in [0.15, 0.2) is 0 Å². The van der Waals surface area contributed by atoms with Crippen LogP contribution in [0.4, 0.5) is 0 Å². The third-order valence-electron chi connectivity index (χ3n) is 1.60. The van der Waals surface area contributed by atoms with Gasteiger partial charge >= 0.3 is 5.97 Å². The van der Waals surface area contributed by atoms with Crippen molar-refractivity contribution in [2.45, 2.75) is 5.75 Å². The monoisotopic (exact) mass is 224 g/mol. The van der Waals surface area contributed by atoms with Crippen LogP contribution in [0.3, 0.4) is 0 Å². The standard InChI is InChI=1S/C9H8N2O3S/c10-4-8-7(2-1-3-11-8)5-15(14)6-9(12)13/h1-3H,5-6H2,(H,12,13). The number of aromatic nitrogens is 1. The van der Waals surface area contributed by atoms with Crippen molar-refractivity contribution in [1.29, 1.82) is 5.26 Å². The topological polar surface area (TPSA) is 91.0 Å². The van der Waals surface area contributed by atoms with Crippen LogP contribution in [0.2, 0.25) is 0 Å². The number of carboxylic acids is 1. The van der Waals surface area contributed by atoms with Crippen molar-refractivity contribution in [3.05, 3.63) is 29.6 Å². The smallest absolute Gasteiger partial charge is 0.316 e. The van der Waals surface area contributed by atoms with Crippen molar-refractivity contribution in [3.8, 4) is 6.07 Å². The lowest BCUT2D eigenvalue weighted by molar-refractivity contribution is -0.133. The Morgan fingerprint density at radius 1 is 1.67 bits per heavy atom. The first-order valence-corrected chi connectivity index (χ1v) is 5.53. The molecule has 0 aliphatic rings. The minimum absolute atomic E-state index is 0.0447. The molecule has 0 fully saturated rings. The summed E-state index contributed by atoms with van der Waals surface area (Å²) in [5.41, 5.74) is 0.704. The van der Waals surface area contributed by atoms with Gasteiger partial charge in [0, 0.05) is 22.6 Å². The Labute approximate surface area is 88.8 Å². The Bertz CT molecular complexity index is 439. The Morgan fingerprint density at radius 3 is 3.00 bits per heavy atom. The predicted molar refractivity (Wildman–Crippen MR) is 53.3 cm³/mol. The maximum absolute atomic E-state index is 11.3. The first-order chi connectivity index (χ1) is 7.13. The summed E-state index contributed by atoms with van der Waals surface area (Å²) in [6.45, 7) is 0. The summed E-state index contributed by atoms with van der Waals surface area (Å²) in [7, 11) is -1.50. The number of pyridine rings is 1. The van der Waals surface area contributed by atoms with Crippen LogP contribution in [-0.2, 0) is 21.3 Å². The molecule has 0 bridgehead atoms. The summed E-state index contributed by atoms with van der Waals surface area (Å²) in [6, 6.07) is 5.10. The number of hydrogen-bond acceptors (Lipinski definition) is 4. The number of nitrogens with zero attached hydrogens (tertiary/aromatic N) is 2. The maximum Gasteiger partial charge on any atom is 0.316 e. The molecule has 0 saturated carbocycles. The van der Waals surface area contributed by atoms with Crippen LogP contribution in [-0.4, -0.2) is 26.0 Å². The second kappa shape index (κ2) is 5.22. The highest BCUT2D eigenvalue weighted by molar-refractivity contribution is 7.84. The summed E-state index contributed by atoms with van der Waals surface area (Å²) in [5.74, 6) is -1.49. The van der Waals surface area contributed by atoms with Crippen molar-refractivity contribution in [2.75, 3.05) is 5.75 Å². The second-order valence-corrected chi connectivity index (χ2v) is 4.20. The zero-order valence-corrected chi connectivity index (χ0v) is 8.53. The second-order valence-electron chi connectivity index (χ2n) is 2.75. The highest BCUT2D eigenvalue weighted by Crippen LogP contribution is 2.07. The van der Waals surface area contributed by atoms with Gasteiger partial charge in [0.1, 0.15) is 17.5 Å². The number of nitriles is 1. The summed E-state index contributed by atoms with van der Waals surface area (Å²) in [4.78, 5) is 14.1. The van der Waals surface area contributed by atoms with E-state index in [1.165, 1.54) is 6.20 Å². The molecule has 1 unspecified atom stereocenters. The van der Waals surface area contributed by atoms with Gasteiger partial charge in [-0.15, -0.1) is 0 Å². The molecular formula is C9H8N2O3S. The van der Waals surface area contributed by atoms with Crippen molar-refractivity contribution in [1.82, 2.24) is 4.98 Å².